The van der Waals surface area contributed by atoms with Crippen LogP contribution in [0.2, 0.25) is 0 Å². The SMILES string of the molecule is CCCCCCCCCCCCCCCCC/C=C/C1OC1CCCC(=O)O. The van der Waals surface area contributed by atoms with Gasteiger partial charge in [-0.1, -0.05) is 109 Å². The van der Waals surface area contributed by atoms with Crippen LogP contribution < -0.4 is 0 Å². The van der Waals surface area contributed by atoms with E-state index in [0.717, 1.165) is 19.3 Å². The lowest BCUT2D eigenvalue weighted by atomic mass is 10.0. The van der Waals surface area contributed by atoms with Crippen molar-refractivity contribution in [3.63, 3.8) is 0 Å². The van der Waals surface area contributed by atoms with E-state index >= 15 is 0 Å². The van der Waals surface area contributed by atoms with Crippen LogP contribution in [-0.4, -0.2) is 23.3 Å². The number of unbranched alkanes of at least 4 members (excludes halogenated alkanes) is 15. The summed E-state index contributed by atoms with van der Waals surface area (Å²) >= 11 is 0. The first-order chi connectivity index (χ1) is 13.7. The third kappa shape index (κ3) is 16.2. The van der Waals surface area contributed by atoms with Gasteiger partial charge in [-0.3, -0.25) is 4.79 Å². The lowest BCUT2D eigenvalue weighted by Gasteiger charge is -2.03. The zero-order chi connectivity index (χ0) is 20.3. The number of hydrogen-bond acceptors (Lipinski definition) is 2. The number of rotatable bonds is 21. The highest BCUT2D eigenvalue weighted by Crippen LogP contribution is 2.28. The standard InChI is InChI=1S/C25H46O3/c1-2-3-4-5-6-7-8-9-10-11-12-13-14-15-16-17-18-20-23-24(28-23)21-19-22-25(26)27/h18,20,23-24H,2-17,19,21-22H2,1H3,(H,26,27)/b20-18+. The summed E-state index contributed by atoms with van der Waals surface area (Å²) in [5.74, 6) is -0.707. The Kier molecular flexibility index (Phi) is 16.4. The van der Waals surface area contributed by atoms with Crippen molar-refractivity contribution in [2.45, 2.75) is 141 Å². The van der Waals surface area contributed by atoms with E-state index in [4.69, 9.17) is 9.84 Å². The molecule has 164 valence electrons. The van der Waals surface area contributed by atoms with Crippen LogP contribution in [0.25, 0.3) is 0 Å². The normalized spacial score (nSPS) is 18.8. The molecular formula is C25H46O3. The molecule has 0 bridgehead atoms. The molecule has 0 amide bonds. The van der Waals surface area contributed by atoms with E-state index in [2.05, 4.69) is 19.1 Å². The molecule has 0 aromatic carbocycles. The second kappa shape index (κ2) is 18.2. The Hall–Kier alpha value is -0.830. The number of aliphatic carboxylic acids is 1. The van der Waals surface area contributed by atoms with Crippen molar-refractivity contribution in [3.8, 4) is 0 Å². The molecule has 3 nitrogen and oxygen atoms in total. The molecule has 1 N–H and O–H groups in total. The summed E-state index contributed by atoms with van der Waals surface area (Å²) in [5.41, 5.74) is 0. The molecule has 2 unspecified atom stereocenters. The van der Waals surface area contributed by atoms with Gasteiger partial charge in [0.15, 0.2) is 0 Å². The molecule has 0 radical (unpaired) electrons. The Morgan fingerprint density at radius 3 is 1.79 bits per heavy atom. The van der Waals surface area contributed by atoms with Crippen LogP contribution in [0.5, 0.6) is 0 Å². The van der Waals surface area contributed by atoms with E-state index in [1.807, 2.05) is 0 Å². The van der Waals surface area contributed by atoms with Gasteiger partial charge in [-0.2, -0.15) is 0 Å². The molecular weight excluding hydrogens is 348 g/mol. The average molecular weight is 395 g/mol. The van der Waals surface area contributed by atoms with Crippen LogP contribution in [0.1, 0.15) is 129 Å². The Morgan fingerprint density at radius 1 is 0.786 bits per heavy atom. The number of carbonyl (C=O) groups is 1. The first-order valence-corrected chi connectivity index (χ1v) is 12.3. The summed E-state index contributed by atoms with van der Waals surface area (Å²) in [4.78, 5) is 10.5. The second-order valence-corrected chi connectivity index (χ2v) is 8.59. The summed E-state index contributed by atoms with van der Waals surface area (Å²) in [7, 11) is 0. The van der Waals surface area contributed by atoms with Crippen LogP contribution in [0.4, 0.5) is 0 Å². The lowest BCUT2D eigenvalue weighted by Crippen LogP contribution is -1.97. The highest BCUT2D eigenvalue weighted by Gasteiger charge is 2.35. The minimum absolute atomic E-state index is 0.255. The molecule has 1 fully saturated rings. The highest BCUT2D eigenvalue weighted by atomic mass is 16.6. The zero-order valence-electron chi connectivity index (χ0n) is 18.5. The van der Waals surface area contributed by atoms with E-state index < -0.39 is 5.97 Å². The van der Waals surface area contributed by atoms with Crippen LogP contribution >= 0.6 is 0 Å². The predicted molar refractivity (Wildman–Crippen MR) is 119 cm³/mol. The molecule has 0 aromatic heterocycles. The van der Waals surface area contributed by atoms with Crippen molar-refractivity contribution in [3.05, 3.63) is 12.2 Å². The zero-order valence-corrected chi connectivity index (χ0v) is 18.5. The van der Waals surface area contributed by atoms with Gasteiger partial charge in [-0.05, 0) is 25.7 Å². The van der Waals surface area contributed by atoms with E-state index in [1.165, 1.54) is 96.3 Å². The predicted octanol–water partition coefficient (Wildman–Crippen LogP) is 7.83. The minimum Gasteiger partial charge on any atom is -0.481 e. The molecule has 1 heterocycles. The van der Waals surface area contributed by atoms with Gasteiger partial charge in [-0.15, -0.1) is 0 Å². The summed E-state index contributed by atoms with van der Waals surface area (Å²) in [6.07, 6.45) is 29.1. The Bertz CT molecular complexity index is 391. The number of epoxide rings is 1. The molecule has 1 rings (SSSR count). The first-order valence-electron chi connectivity index (χ1n) is 12.3. The molecule has 2 atom stereocenters. The maximum atomic E-state index is 10.5. The van der Waals surface area contributed by atoms with Crippen molar-refractivity contribution < 1.29 is 14.6 Å². The summed E-state index contributed by atoms with van der Waals surface area (Å²) in [6, 6.07) is 0. The fraction of sp³-hybridized carbons (Fsp3) is 0.880. The summed E-state index contributed by atoms with van der Waals surface area (Å²) in [5, 5.41) is 8.62. The van der Waals surface area contributed by atoms with Crippen LogP contribution in [0, 0.1) is 0 Å². The summed E-state index contributed by atoms with van der Waals surface area (Å²) < 4.78 is 5.55. The average Bonchev–Trinajstić information content (AvgIpc) is 3.42. The molecule has 1 saturated heterocycles. The summed E-state index contributed by atoms with van der Waals surface area (Å²) in [6.45, 7) is 2.28. The monoisotopic (exact) mass is 394 g/mol. The Morgan fingerprint density at radius 2 is 1.29 bits per heavy atom. The number of ether oxygens (including phenoxy) is 1. The fourth-order valence-electron chi connectivity index (χ4n) is 3.88. The van der Waals surface area contributed by atoms with E-state index in [0.29, 0.717) is 0 Å². The maximum Gasteiger partial charge on any atom is 0.303 e. The highest BCUT2D eigenvalue weighted by molar-refractivity contribution is 5.66. The van der Waals surface area contributed by atoms with Gasteiger partial charge in [0.1, 0.15) is 6.10 Å². The van der Waals surface area contributed by atoms with Gasteiger partial charge < -0.3 is 9.84 Å². The van der Waals surface area contributed by atoms with Gasteiger partial charge in [0.25, 0.3) is 0 Å². The van der Waals surface area contributed by atoms with Crippen molar-refractivity contribution in [2.75, 3.05) is 0 Å². The Balaban J connectivity index is 1.72. The number of allylic oxidation sites excluding steroid dienone is 1. The maximum absolute atomic E-state index is 10.5. The van der Waals surface area contributed by atoms with Crippen molar-refractivity contribution >= 4 is 5.97 Å². The quantitative estimate of drug-likeness (QED) is 0.123. The lowest BCUT2D eigenvalue weighted by molar-refractivity contribution is -0.137. The van der Waals surface area contributed by atoms with E-state index in [-0.39, 0.29) is 18.6 Å². The molecule has 1 aliphatic heterocycles. The van der Waals surface area contributed by atoms with Crippen molar-refractivity contribution in [1.29, 1.82) is 0 Å². The number of hydrogen-bond donors (Lipinski definition) is 1. The van der Waals surface area contributed by atoms with Crippen LogP contribution in [0.15, 0.2) is 12.2 Å². The molecule has 0 spiro atoms. The number of carboxylic acid groups (broad SMARTS) is 1. The largest absolute Gasteiger partial charge is 0.481 e. The number of carboxylic acids is 1. The van der Waals surface area contributed by atoms with Crippen molar-refractivity contribution in [1.82, 2.24) is 0 Å². The van der Waals surface area contributed by atoms with Crippen molar-refractivity contribution in [2.24, 2.45) is 0 Å². The molecule has 28 heavy (non-hydrogen) atoms. The molecule has 3 heteroatoms. The minimum atomic E-state index is -0.707. The van der Waals surface area contributed by atoms with Crippen LogP contribution in [0.3, 0.4) is 0 Å². The van der Waals surface area contributed by atoms with Gasteiger partial charge >= 0.3 is 5.97 Å². The van der Waals surface area contributed by atoms with Gasteiger partial charge in [0.05, 0.1) is 6.10 Å². The van der Waals surface area contributed by atoms with E-state index in [9.17, 15) is 4.79 Å². The molecule has 0 aliphatic carbocycles. The fourth-order valence-corrected chi connectivity index (χ4v) is 3.88. The smallest absolute Gasteiger partial charge is 0.303 e. The topological polar surface area (TPSA) is 49.8 Å². The molecule has 0 aromatic rings. The third-order valence-corrected chi connectivity index (χ3v) is 5.80. The Labute approximate surface area is 174 Å². The van der Waals surface area contributed by atoms with E-state index in [1.54, 1.807) is 0 Å². The van der Waals surface area contributed by atoms with Gasteiger partial charge in [0.2, 0.25) is 0 Å². The van der Waals surface area contributed by atoms with Gasteiger partial charge in [-0.25, -0.2) is 0 Å². The molecule has 0 saturated carbocycles. The third-order valence-electron chi connectivity index (χ3n) is 5.80. The molecule has 1 aliphatic rings. The first kappa shape index (κ1) is 25.2. The van der Waals surface area contributed by atoms with Crippen LogP contribution in [-0.2, 0) is 9.53 Å². The second-order valence-electron chi connectivity index (χ2n) is 8.59. The van der Waals surface area contributed by atoms with Gasteiger partial charge in [0, 0.05) is 6.42 Å².